The van der Waals surface area contributed by atoms with E-state index in [1.165, 1.54) is 16.5 Å². The van der Waals surface area contributed by atoms with Crippen molar-refractivity contribution in [1.29, 1.82) is 0 Å². The van der Waals surface area contributed by atoms with Gasteiger partial charge in [-0.05, 0) is 69.5 Å². The Morgan fingerprint density at radius 3 is 2.34 bits per heavy atom. The van der Waals surface area contributed by atoms with E-state index in [1.807, 2.05) is 69.3 Å². The normalized spacial score (nSPS) is 12.2. The quantitative estimate of drug-likeness (QED) is 0.340. The first-order chi connectivity index (χ1) is 18.1. The van der Waals surface area contributed by atoms with E-state index in [9.17, 15) is 14.4 Å². The van der Waals surface area contributed by atoms with Gasteiger partial charge in [-0.1, -0.05) is 60.7 Å². The number of ketones is 1. The zero-order chi connectivity index (χ0) is 27.4. The highest BCUT2D eigenvalue weighted by Gasteiger charge is 2.35. The van der Waals surface area contributed by atoms with Gasteiger partial charge in [0.15, 0.2) is 5.78 Å². The van der Waals surface area contributed by atoms with E-state index in [-0.39, 0.29) is 24.1 Å². The van der Waals surface area contributed by atoms with E-state index in [0.29, 0.717) is 27.8 Å². The Morgan fingerprint density at radius 2 is 1.68 bits per heavy atom. The van der Waals surface area contributed by atoms with Crippen molar-refractivity contribution < 1.29 is 14.4 Å². The zero-order valence-corrected chi connectivity index (χ0v) is 22.4. The van der Waals surface area contributed by atoms with Crippen molar-refractivity contribution in [2.45, 2.75) is 59.2 Å². The predicted molar refractivity (Wildman–Crippen MR) is 148 cm³/mol. The second-order valence-corrected chi connectivity index (χ2v) is 10.3. The minimum Gasteiger partial charge on any atom is -0.349 e. The lowest BCUT2D eigenvalue weighted by molar-refractivity contribution is -0.128. The van der Waals surface area contributed by atoms with E-state index >= 15 is 0 Å². The SMILES string of the molecule is CCc1ccc([C@@H](C(=O)NC(C)(C)C)N(C(=O)Cn2nnc3ccccc32)c2cccc(C(C)=O)c2)cc1. The molecule has 8 heteroatoms. The van der Waals surface area contributed by atoms with E-state index in [1.54, 1.807) is 24.3 Å². The number of Topliss-reactive ketones (excluding diaryl/α,β-unsaturated/α-hetero) is 1. The summed E-state index contributed by atoms with van der Waals surface area (Å²) in [5.41, 5.74) is 3.52. The number of nitrogens with one attached hydrogen (secondary N) is 1. The van der Waals surface area contributed by atoms with Gasteiger partial charge < -0.3 is 5.32 Å². The van der Waals surface area contributed by atoms with Crippen molar-refractivity contribution in [3.8, 4) is 0 Å². The molecule has 1 N–H and O–H groups in total. The minimum absolute atomic E-state index is 0.135. The van der Waals surface area contributed by atoms with Crippen LogP contribution < -0.4 is 10.2 Å². The minimum atomic E-state index is -0.982. The Hall–Kier alpha value is -4.33. The standard InChI is InChI=1S/C30H33N5O3/c1-6-21-14-16-22(17-15-21)28(29(38)31-30(3,4)5)35(24-11-9-10-23(18-24)20(2)36)27(37)19-34-26-13-8-7-12-25(26)32-33-34/h7-18,28H,6,19H2,1-5H3,(H,31,38)/t28-/m0/s1. The molecule has 0 radical (unpaired) electrons. The summed E-state index contributed by atoms with van der Waals surface area (Å²) in [5, 5.41) is 11.4. The van der Waals surface area contributed by atoms with Gasteiger partial charge in [-0.15, -0.1) is 5.10 Å². The molecule has 0 aliphatic carbocycles. The lowest BCUT2D eigenvalue weighted by Gasteiger charge is -2.34. The lowest BCUT2D eigenvalue weighted by atomic mass is 9.98. The van der Waals surface area contributed by atoms with Gasteiger partial charge in [0.05, 0.1) is 5.52 Å². The molecule has 196 valence electrons. The summed E-state index contributed by atoms with van der Waals surface area (Å²) in [5.74, 6) is -0.828. The number of para-hydroxylation sites is 1. The van der Waals surface area contributed by atoms with Gasteiger partial charge >= 0.3 is 0 Å². The highest BCUT2D eigenvalue weighted by Crippen LogP contribution is 2.30. The molecule has 1 aromatic heterocycles. The Morgan fingerprint density at radius 1 is 0.974 bits per heavy atom. The molecule has 3 aromatic carbocycles. The molecule has 0 fully saturated rings. The maximum absolute atomic E-state index is 14.1. The number of hydrogen-bond acceptors (Lipinski definition) is 5. The molecule has 38 heavy (non-hydrogen) atoms. The number of carbonyl (C=O) groups excluding carboxylic acids is 3. The van der Waals surface area contributed by atoms with Gasteiger partial charge in [0.2, 0.25) is 11.8 Å². The van der Waals surface area contributed by atoms with Crippen molar-refractivity contribution in [3.63, 3.8) is 0 Å². The third-order valence-electron chi connectivity index (χ3n) is 6.21. The van der Waals surface area contributed by atoms with Crippen LogP contribution in [0.1, 0.15) is 62.1 Å². The summed E-state index contributed by atoms with van der Waals surface area (Å²) in [4.78, 5) is 41.7. The molecule has 0 aliphatic heterocycles. The van der Waals surface area contributed by atoms with Crippen LogP contribution in [0.15, 0.2) is 72.8 Å². The number of aromatic nitrogens is 3. The molecule has 4 rings (SSSR count). The first-order valence-corrected chi connectivity index (χ1v) is 12.7. The van der Waals surface area contributed by atoms with Crippen LogP contribution in [-0.4, -0.2) is 38.1 Å². The maximum Gasteiger partial charge on any atom is 0.249 e. The van der Waals surface area contributed by atoms with Crippen molar-refractivity contribution in [2.75, 3.05) is 4.90 Å². The van der Waals surface area contributed by atoms with E-state index < -0.39 is 11.6 Å². The monoisotopic (exact) mass is 511 g/mol. The molecular weight excluding hydrogens is 478 g/mol. The van der Waals surface area contributed by atoms with Gasteiger partial charge in [0.1, 0.15) is 18.1 Å². The lowest BCUT2D eigenvalue weighted by Crippen LogP contribution is -2.50. The van der Waals surface area contributed by atoms with Gasteiger partial charge in [-0.2, -0.15) is 0 Å². The Kier molecular flexibility index (Phi) is 7.71. The number of fused-ring (bicyclic) bond motifs is 1. The molecule has 0 saturated heterocycles. The van der Waals surface area contributed by atoms with Crippen LogP contribution in [0.5, 0.6) is 0 Å². The van der Waals surface area contributed by atoms with Crippen LogP contribution >= 0.6 is 0 Å². The summed E-state index contributed by atoms with van der Waals surface area (Å²) in [6.07, 6.45) is 0.849. The molecule has 1 heterocycles. The molecule has 0 spiro atoms. The van der Waals surface area contributed by atoms with E-state index in [4.69, 9.17) is 0 Å². The molecule has 0 unspecified atom stereocenters. The number of anilines is 1. The number of amides is 2. The fraction of sp³-hybridized carbons (Fsp3) is 0.300. The molecule has 0 bridgehead atoms. The zero-order valence-electron chi connectivity index (χ0n) is 22.4. The number of hydrogen-bond donors (Lipinski definition) is 1. The predicted octanol–water partition coefficient (Wildman–Crippen LogP) is 4.89. The van der Waals surface area contributed by atoms with Gasteiger partial charge in [-0.25, -0.2) is 4.68 Å². The second kappa shape index (κ2) is 11.0. The third kappa shape index (κ3) is 5.96. The number of carbonyl (C=O) groups is 3. The van der Waals surface area contributed by atoms with Crippen molar-refractivity contribution in [2.24, 2.45) is 0 Å². The first kappa shape index (κ1) is 26.7. The third-order valence-corrected chi connectivity index (χ3v) is 6.21. The molecular formula is C30H33N5O3. The van der Waals surface area contributed by atoms with Crippen LogP contribution in [0.3, 0.4) is 0 Å². The highest BCUT2D eigenvalue weighted by molar-refractivity contribution is 6.03. The van der Waals surface area contributed by atoms with Crippen LogP contribution in [0.25, 0.3) is 11.0 Å². The molecule has 0 saturated carbocycles. The van der Waals surface area contributed by atoms with Crippen molar-refractivity contribution in [3.05, 3.63) is 89.5 Å². The van der Waals surface area contributed by atoms with Crippen LogP contribution in [0.4, 0.5) is 5.69 Å². The topological polar surface area (TPSA) is 97.2 Å². The first-order valence-electron chi connectivity index (χ1n) is 12.7. The maximum atomic E-state index is 14.1. The molecule has 8 nitrogen and oxygen atoms in total. The molecule has 1 atom stereocenters. The number of aryl methyl sites for hydroxylation is 1. The van der Waals surface area contributed by atoms with Crippen molar-refractivity contribution in [1.82, 2.24) is 20.3 Å². The Labute approximate surface area is 222 Å². The van der Waals surface area contributed by atoms with Gasteiger partial charge in [0, 0.05) is 16.8 Å². The van der Waals surface area contributed by atoms with Gasteiger partial charge in [-0.3, -0.25) is 19.3 Å². The van der Waals surface area contributed by atoms with Crippen molar-refractivity contribution >= 4 is 34.3 Å². The van der Waals surface area contributed by atoms with E-state index in [0.717, 1.165) is 12.0 Å². The van der Waals surface area contributed by atoms with Crippen LogP contribution in [-0.2, 0) is 22.6 Å². The number of rotatable bonds is 8. The average molecular weight is 512 g/mol. The average Bonchev–Trinajstić information content (AvgIpc) is 3.29. The highest BCUT2D eigenvalue weighted by atomic mass is 16.2. The Bertz CT molecular complexity index is 1470. The number of benzene rings is 3. The largest absolute Gasteiger partial charge is 0.349 e. The fourth-order valence-corrected chi connectivity index (χ4v) is 4.34. The van der Waals surface area contributed by atoms with E-state index in [2.05, 4.69) is 22.6 Å². The molecule has 0 aliphatic rings. The van der Waals surface area contributed by atoms with Crippen LogP contribution in [0, 0.1) is 0 Å². The number of nitrogens with zero attached hydrogens (tertiary/aromatic N) is 4. The molecule has 4 aromatic rings. The van der Waals surface area contributed by atoms with Gasteiger partial charge in [0.25, 0.3) is 0 Å². The summed E-state index contributed by atoms with van der Waals surface area (Å²) in [6, 6.07) is 20.9. The summed E-state index contributed by atoms with van der Waals surface area (Å²) >= 11 is 0. The smallest absolute Gasteiger partial charge is 0.249 e. The Balaban J connectivity index is 1.86. The molecule has 2 amide bonds. The van der Waals surface area contributed by atoms with Crippen LogP contribution in [0.2, 0.25) is 0 Å². The summed E-state index contributed by atoms with van der Waals surface area (Å²) in [7, 11) is 0. The summed E-state index contributed by atoms with van der Waals surface area (Å²) in [6.45, 7) is 9.08. The summed E-state index contributed by atoms with van der Waals surface area (Å²) < 4.78 is 1.53. The fourth-order valence-electron chi connectivity index (χ4n) is 4.34. The second-order valence-electron chi connectivity index (χ2n) is 10.3.